The second kappa shape index (κ2) is 8.74. The van der Waals surface area contributed by atoms with Gasteiger partial charge in [-0.05, 0) is 37.3 Å². The summed E-state index contributed by atoms with van der Waals surface area (Å²) in [5.41, 5.74) is 0.199. The minimum atomic E-state index is -4.89. The summed E-state index contributed by atoms with van der Waals surface area (Å²) in [6.45, 7) is 1.49. The molecular weight excluding hydrogens is 455 g/mol. The van der Waals surface area contributed by atoms with Crippen LogP contribution in [0.2, 0.25) is 0 Å². The molecule has 1 aliphatic rings. The highest BCUT2D eigenvalue weighted by atomic mass is 32.2. The van der Waals surface area contributed by atoms with Crippen molar-refractivity contribution in [2.24, 2.45) is 0 Å². The van der Waals surface area contributed by atoms with Gasteiger partial charge in [0.1, 0.15) is 5.75 Å². The minimum Gasteiger partial charge on any atom is -0.406 e. The summed E-state index contributed by atoms with van der Waals surface area (Å²) in [6.07, 6.45) is -4.89. The van der Waals surface area contributed by atoms with Crippen molar-refractivity contribution < 1.29 is 36.0 Å². The second-order valence-electron chi connectivity index (χ2n) is 6.92. The molecule has 0 spiro atoms. The van der Waals surface area contributed by atoms with E-state index in [2.05, 4.69) is 4.74 Å². The second-order valence-corrected chi connectivity index (χ2v) is 8.86. The lowest BCUT2D eigenvalue weighted by Crippen LogP contribution is -2.50. The van der Waals surface area contributed by atoms with Crippen molar-refractivity contribution in [3.8, 4) is 5.75 Å². The average Bonchev–Trinajstić information content (AvgIpc) is 2.72. The molecule has 0 aliphatic carbocycles. The average molecular weight is 473 g/mol. The minimum absolute atomic E-state index is 0.0388. The number of amides is 1. The number of nitro benzene ring substituents is 1. The van der Waals surface area contributed by atoms with Crippen molar-refractivity contribution in [3.05, 3.63) is 63.7 Å². The quantitative estimate of drug-likeness (QED) is 0.488. The number of carbonyl (C=O) groups is 1. The topological polar surface area (TPSA) is 110 Å². The molecule has 32 heavy (non-hydrogen) atoms. The number of hydrogen-bond donors (Lipinski definition) is 0. The van der Waals surface area contributed by atoms with Crippen molar-refractivity contribution in [2.75, 3.05) is 26.2 Å². The number of nitro groups is 1. The summed E-state index contributed by atoms with van der Waals surface area (Å²) in [7, 11) is -3.99. The molecule has 2 aromatic carbocycles. The Balaban J connectivity index is 1.69. The summed E-state index contributed by atoms with van der Waals surface area (Å²) in [6, 6.07) is 8.02. The van der Waals surface area contributed by atoms with Gasteiger partial charge in [0.2, 0.25) is 10.0 Å². The Hall–Kier alpha value is -3.19. The molecule has 1 saturated heterocycles. The largest absolute Gasteiger partial charge is 0.573 e. The number of sulfonamides is 1. The molecule has 0 bridgehead atoms. The molecule has 13 heteroatoms. The maximum atomic E-state index is 12.8. The first-order valence-electron chi connectivity index (χ1n) is 9.29. The highest BCUT2D eigenvalue weighted by Gasteiger charge is 2.33. The lowest BCUT2D eigenvalue weighted by molar-refractivity contribution is -0.385. The Morgan fingerprint density at radius 1 is 1.06 bits per heavy atom. The Kier molecular flexibility index (Phi) is 6.41. The van der Waals surface area contributed by atoms with E-state index in [9.17, 15) is 36.5 Å². The van der Waals surface area contributed by atoms with Crippen LogP contribution in [0, 0.1) is 17.0 Å². The number of benzene rings is 2. The molecule has 0 aromatic heterocycles. The molecular formula is C19H18F3N3O6S. The molecule has 0 unspecified atom stereocenters. The van der Waals surface area contributed by atoms with Crippen LogP contribution >= 0.6 is 0 Å². The van der Waals surface area contributed by atoms with Crippen molar-refractivity contribution in [2.45, 2.75) is 18.2 Å². The van der Waals surface area contributed by atoms with E-state index in [4.69, 9.17) is 0 Å². The molecule has 0 atom stereocenters. The molecule has 3 rings (SSSR count). The van der Waals surface area contributed by atoms with Crippen molar-refractivity contribution in [3.63, 3.8) is 0 Å². The maximum absolute atomic E-state index is 12.8. The molecule has 0 N–H and O–H groups in total. The van der Waals surface area contributed by atoms with Crippen LogP contribution in [0.4, 0.5) is 18.9 Å². The summed E-state index contributed by atoms with van der Waals surface area (Å²) in [4.78, 5) is 24.5. The van der Waals surface area contributed by atoms with Crippen molar-refractivity contribution in [1.82, 2.24) is 9.21 Å². The Morgan fingerprint density at radius 3 is 2.19 bits per heavy atom. The molecule has 2 aromatic rings. The Morgan fingerprint density at radius 2 is 1.66 bits per heavy atom. The van der Waals surface area contributed by atoms with Crippen LogP contribution in [-0.4, -0.2) is 61.0 Å². The van der Waals surface area contributed by atoms with Gasteiger partial charge in [0.05, 0.1) is 9.82 Å². The van der Waals surface area contributed by atoms with Crippen LogP contribution in [0.3, 0.4) is 0 Å². The van der Waals surface area contributed by atoms with Crippen LogP contribution in [0.25, 0.3) is 0 Å². The number of alkyl halides is 3. The van der Waals surface area contributed by atoms with E-state index in [1.807, 2.05) is 0 Å². The maximum Gasteiger partial charge on any atom is 0.573 e. The van der Waals surface area contributed by atoms with E-state index in [-0.39, 0.29) is 47.9 Å². The van der Waals surface area contributed by atoms with Crippen LogP contribution in [-0.2, 0) is 10.0 Å². The number of hydrogen-bond acceptors (Lipinski definition) is 6. The molecule has 172 valence electrons. The number of ether oxygens (including phenoxy) is 1. The normalized spacial score (nSPS) is 15.4. The van der Waals surface area contributed by atoms with Gasteiger partial charge < -0.3 is 9.64 Å². The summed E-state index contributed by atoms with van der Waals surface area (Å²) < 4.78 is 67.2. The van der Waals surface area contributed by atoms with Gasteiger partial charge in [-0.2, -0.15) is 4.31 Å². The third kappa shape index (κ3) is 4.99. The molecule has 1 fully saturated rings. The molecule has 9 nitrogen and oxygen atoms in total. The first-order chi connectivity index (χ1) is 14.9. The smallest absolute Gasteiger partial charge is 0.406 e. The highest BCUT2D eigenvalue weighted by molar-refractivity contribution is 7.89. The lowest BCUT2D eigenvalue weighted by atomic mass is 10.1. The van der Waals surface area contributed by atoms with Gasteiger partial charge in [-0.25, -0.2) is 8.42 Å². The van der Waals surface area contributed by atoms with E-state index in [1.54, 1.807) is 0 Å². The number of rotatable bonds is 5. The third-order valence-electron chi connectivity index (χ3n) is 4.95. The zero-order valence-electron chi connectivity index (χ0n) is 16.7. The highest BCUT2D eigenvalue weighted by Crippen LogP contribution is 2.26. The third-order valence-corrected chi connectivity index (χ3v) is 6.87. The van der Waals surface area contributed by atoms with E-state index in [0.29, 0.717) is 0 Å². The van der Waals surface area contributed by atoms with Gasteiger partial charge in [-0.15, -0.1) is 13.2 Å². The van der Waals surface area contributed by atoms with E-state index in [1.165, 1.54) is 30.0 Å². The van der Waals surface area contributed by atoms with Crippen molar-refractivity contribution >= 4 is 21.6 Å². The van der Waals surface area contributed by atoms with E-state index in [0.717, 1.165) is 28.6 Å². The number of piperazine rings is 1. The van der Waals surface area contributed by atoms with Gasteiger partial charge in [0, 0.05) is 43.4 Å². The Bertz CT molecular complexity index is 1130. The summed E-state index contributed by atoms with van der Waals surface area (Å²) >= 11 is 0. The standard InChI is InChI=1S/C19H18F3N3O6S/c1-13-16(3-2-4-17(13)25(27)28)18(26)23-9-11-24(12-10-23)32(29,30)15-7-5-14(6-8-15)31-19(20,21)22/h2-8H,9-12H2,1H3. The first kappa shape index (κ1) is 23.5. The van der Waals surface area contributed by atoms with Gasteiger partial charge in [0.15, 0.2) is 0 Å². The van der Waals surface area contributed by atoms with Gasteiger partial charge in [0.25, 0.3) is 11.6 Å². The van der Waals surface area contributed by atoms with E-state index >= 15 is 0 Å². The van der Waals surface area contributed by atoms with Crippen LogP contribution in [0.1, 0.15) is 15.9 Å². The molecule has 0 radical (unpaired) electrons. The zero-order chi connectivity index (χ0) is 23.7. The predicted octanol–water partition coefficient (Wildman–Crippen LogP) is 2.95. The molecule has 1 amide bonds. The van der Waals surface area contributed by atoms with Crippen LogP contribution in [0.5, 0.6) is 5.75 Å². The predicted molar refractivity (Wildman–Crippen MR) is 106 cm³/mol. The number of nitrogens with zero attached hydrogens (tertiary/aromatic N) is 3. The number of halogens is 3. The molecule has 0 saturated carbocycles. The SMILES string of the molecule is Cc1c(C(=O)N2CCN(S(=O)(=O)c3ccc(OC(F)(F)F)cc3)CC2)cccc1[N+](=O)[O-]. The fraction of sp³-hybridized carbons (Fsp3) is 0.316. The van der Waals surface area contributed by atoms with E-state index < -0.39 is 33.0 Å². The molecule has 1 heterocycles. The fourth-order valence-corrected chi connectivity index (χ4v) is 4.74. The van der Waals surface area contributed by atoms with Gasteiger partial charge in [-0.3, -0.25) is 14.9 Å². The fourth-order valence-electron chi connectivity index (χ4n) is 3.32. The summed E-state index contributed by atoms with van der Waals surface area (Å²) in [5.74, 6) is -0.990. The van der Waals surface area contributed by atoms with Crippen LogP contribution < -0.4 is 4.74 Å². The lowest BCUT2D eigenvalue weighted by Gasteiger charge is -2.34. The zero-order valence-corrected chi connectivity index (χ0v) is 17.5. The number of carbonyl (C=O) groups excluding carboxylic acids is 1. The summed E-state index contributed by atoms with van der Waals surface area (Å²) in [5, 5.41) is 11.1. The van der Waals surface area contributed by atoms with Crippen LogP contribution in [0.15, 0.2) is 47.4 Å². The first-order valence-corrected chi connectivity index (χ1v) is 10.7. The van der Waals surface area contributed by atoms with Crippen molar-refractivity contribution in [1.29, 1.82) is 0 Å². The molecule has 1 aliphatic heterocycles. The monoisotopic (exact) mass is 473 g/mol. The van der Waals surface area contributed by atoms with Gasteiger partial charge in [-0.1, -0.05) is 6.07 Å². The Labute approximate surface area is 181 Å². The van der Waals surface area contributed by atoms with Gasteiger partial charge >= 0.3 is 6.36 Å².